The van der Waals surface area contributed by atoms with E-state index >= 15 is 0 Å². The maximum atomic E-state index is 12.5. The van der Waals surface area contributed by atoms with E-state index in [9.17, 15) is 9.18 Å². The fourth-order valence-corrected chi connectivity index (χ4v) is 1.96. The number of H-pyrrole nitrogens is 1. The van der Waals surface area contributed by atoms with E-state index in [-0.39, 0.29) is 11.6 Å². The van der Waals surface area contributed by atoms with Gasteiger partial charge in [0, 0.05) is 18.0 Å². The Morgan fingerprint density at radius 2 is 1.95 bits per heavy atom. The third kappa shape index (κ3) is 6.29. The molecule has 0 amide bonds. The Morgan fingerprint density at radius 3 is 2.62 bits per heavy atom. The first-order chi connectivity index (χ1) is 10.0. The number of carbonyl (C=O) groups is 1. The first-order valence-corrected chi connectivity index (χ1v) is 7.22. The van der Waals surface area contributed by atoms with Crippen LogP contribution in [0.2, 0.25) is 0 Å². The molecule has 0 unspecified atom stereocenters. The highest BCUT2D eigenvalue weighted by atomic mass is 19.1. The molecule has 4 nitrogen and oxygen atoms in total. The Bertz CT molecular complexity index is 566. The molecule has 116 valence electrons. The van der Waals surface area contributed by atoms with Crippen molar-refractivity contribution in [3.63, 3.8) is 0 Å². The van der Waals surface area contributed by atoms with E-state index in [1.165, 1.54) is 43.7 Å². The van der Waals surface area contributed by atoms with Crippen LogP contribution in [0.5, 0.6) is 5.75 Å². The lowest BCUT2D eigenvalue weighted by atomic mass is 10.1. The van der Waals surface area contributed by atoms with Crippen LogP contribution in [0, 0.1) is 5.82 Å². The molecule has 5 heteroatoms. The number of aliphatic carboxylic acids is 1. The van der Waals surface area contributed by atoms with E-state index in [1.807, 2.05) is 0 Å². The minimum Gasteiger partial charge on any atom is -0.506 e. The van der Waals surface area contributed by atoms with Crippen molar-refractivity contribution in [3.8, 4) is 5.75 Å². The summed E-state index contributed by atoms with van der Waals surface area (Å²) >= 11 is 0. The predicted octanol–water partition coefficient (Wildman–Crippen LogP) is 4.44. The van der Waals surface area contributed by atoms with Crippen molar-refractivity contribution < 1.29 is 19.4 Å². The second-order valence-electron chi connectivity index (χ2n) is 4.92. The molecule has 3 N–H and O–H groups in total. The summed E-state index contributed by atoms with van der Waals surface area (Å²) in [5.74, 6) is -0.823. The number of hydrogen-bond acceptors (Lipinski definition) is 2. The van der Waals surface area contributed by atoms with Gasteiger partial charge in [0.1, 0.15) is 11.6 Å². The number of aromatic hydroxyl groups is 1. The van der Waals surface area contributed by atoms with Crippen LogP contribution in [-0.2, 0) is 4.79 Å². The molecule has 0 saturated carbocycles. The highest BCUT2D eigenvalue weighted by Gasteiger charge is 2.01. The number of halogens is 1. The Morgan fingerprint density at radius 1 is 1.24 bits per heavy atom. The summed E-state index contributed by atoms with van der Waals surface area (Å²) in [6, 6.07) is 4.20. The van der Waals surface area contributed by atoms with Crippen LogP contribution in [0.4, 0.5) is 4.39 Å². The number of aromatic amines is 1. The lowest BCUT2D eigenvalue weighted by Gasteiger charge is -1.95. The van der Waals surface area contributed by atoms with Gasteiger partial charge in [-0.2, -0.15) is 0 Å². The predicted molar refractivity (Wildman–Crippen MR) is 80.9 cm³/mol. The largest absolute Gasteiger partial charge is 0.506 e. The van der Waals surface area contributed by atoms with Crippen molar-refractivity contribution in [1.82, 2.24) is 4.98 Å². The Labute approximate surface area is 123 Å². The monoisotopic (exact) mass is 295 g/mol. The average molecular weight is 295 g/mol. The fourth-order valence-electron chi connectivity index (χ4n) is 1.96. The van der Waals surface area contributed by atoms with Gasteiger partial charge in [0.05, 0.1) is 5.52 Å². The van der Waals surface area contributed by atoms with Gasteiger partial charge >= 0.3 is 5.97 Å². The summed E-state index contributed by atoms with van der Waals surface area (Å²) < 4.78 is 12.5. The smallest absolute Gasteiger partial charge is 0.303 e. The summed E-state index contributed by atoms with van der Waals surface area (Å²) in [6.07, 6.45) is 7.32. The Hall–Kier alpha value is -2.04. The molecule has 0 atom stereocenters. The second-order valence-corrected chi connectivity index (χ2v) is 4.92. The van der Waals surface area contributed by atoms with Crippen molar-refractivity contribution in [3.05, 3.63) is 30.2 Å². The van der Waals surface area contributed by atoms with Crippen molar-refractivity contribution in [2.24, 2.45) is 0 Å². The van der Waals surface area contributed by atoms with Crippen LogP contribution in [0.3, 0.4) is 0 Å². The number of benzene rings is 1. The number of carboxylic acids is 1. The van der Waals surface area contributed by atoms with Crippen LogP contribution in [0.25, 0.3) is 10.9 Å². The van der Waals surface area contributed by atoms with E-state index in [0.29, 0.717) is 17.3 Å². The number of rotatable bonds is 6. The van der Waals surface area contributed by atoms with Gasteiger partial charge in [0.25, 0.3) is 0 Å². The SMILES string of the molecule is CCCCCCCC(=O)O.Oc1c[nH]c2cc(F)ccc12. The molecule has 2 rings (SSSR count). The number of carboxylic acid groups (broad SMARTS) is 1. The van der Waals surface area contributed by atoms with Gasteiger partial charge in [0.15, 0.2) is 0 Å². The third-order valence-corrected chi connectivity index (χ3v) is 3.12. The number of fused-ring (bicyclic) bond motifs is 1. The zero-order valence-corrected chi connectivity index (χ0v) is 12.2. The summed E-state index contributed by atoms with van der Waals surface area (Å²) in [5.41, 5.74) is 0.613. The van der Waals surface area contributed by atoms with E-state index in [1.54, 1.807) is 0 Å². The maximum Gasteiger partial charge on any atom is 0.303 e. The van der Waals surface area contributed by atoms with Crippen LogP contribution < -0.4 is 0 Å². The summed E-state index contributed by atoms with van der Waals surface area (Å²) in [4.78, 5) is 12.8. The molecule has 0 aliphatic heterocycles. The van der Waals surface area contributed by atoms with Gasteiger partial charge < -0.3 is 15.2 Å². The van der Waals surface area contributed by atoms with Crippen LogP contribution in [0.1, 0.15) is 45.4 Å². The summed E-state index contributed by atoms with van der Waals surface area (Å²) in [5, 5.41) is 18.1. The highest BCUT2D eigenvalue weighted by molar-refractivity contribution is 5.85. The number of unbranched alkanes of at least 4 members (excludes halogenated alkanes) is 4. The second kappa shape index (κ2) is 9.00. The molecule has 1 heterocycles. The molecular formula is C16H22FNO3. The van der Waals surface area contributed by atoms with Crippen LogP contribution in [0.15, 0.2) is 24.4 Å². The van der Waals surface area contributed by atoms with Crippen molar-refractivity contribution >= 4 is 16.9 Å². The Balaban J connectivity index is 0.000000212. The van der Waals surface area contributed by atoms with Crippen molar-refractivity contribution in [2.45, 2.75) is 45.4 Å². The number of aromatic nitrogens is 1. The van der Waals surface area contributed by atoms with E-state index < -0.39 is 5.97 Å². The molecule has 1 aromatic carbocycles. The van der Waals surface area contributed by atoms with Crippen LogP contribution in [-0.4, -0.2) is 21.2 Å². The molecule has 0 fully saturated rings. The maximum absolute atomic E-state index is 12.5. The van der Waals surface area contributed by atoms with Gasteiger partial charge in [-0.15, -0.1) is 0 Å². The Kier molecular flexibility index (Phi) is 7.29. The highest BCUT2D eigenvalue weighted by Crippen LogP contribution is 2.23. The van der Waals surface area contributed by atoms with Gasteiger partial charge in [-0.25, -0.2) is 4.39 Å². The topological polar surface area (TPSA) is 73.3 Å². The molecular weight excluding hydrogens is 273 g/mol. The molecule has 0 spiro atoms. The number of nitrogens with one attached hydrogen (secondary N) is 1. The zero-order chi connectivity index (χ0) is 15.7. The first kappa shape index (κ1) is 17.0. The summed E-state index contributed by atoms with van der Waals surface area (Å²) in [6.45, 7) is 2.15. The van der Waals surface area contributed by atoms with E-state index in [2.05, 4.69) is 11.9 Å². The molecule has 0 aliphatic rings. The lowest BCUT2D eigenvalue weighted by Crippen LogP contribution is -1.93. The van der Waals surface area contributed by atoms with Gasteiger partial charge in [-0.05, 0) is 24.6 Å². The molecule has 0 radical (unpaired) electrons. The zero-order valence-electron chi connectivity index (χ0n) is 12.2. The molecule has 0 bridgehead atoms. The minimum atomic E-state index is -0.670. The quantitative estimate of drug-likeness (QED) is 0.689. The van der Waals surface area contributed by atoms with Gasteiger partial charge in [-0.1, -0.05) is 32.6 Å². The fraction of sp³-hybridized carbons (Fsp3) is 0.438. The van der Waals surface area contributed by atoms with Crippen molar-refractivity contribution in [2.75, 3.05) is 0 Å². The van der Waals surface area contributed by atoms with Crippen LogP contribution >= 0.6 is 0 Å². The minimum absolute atomic E-state index is 0.153. The lowest BCUT2D eigenvalue weighted by molar-refractivity contribution is -0.137. The molecule has 21 heavy (non-hydrogen) atoms. The number of hydrogen-bond donors (Lipinski definition) is 3. The van der Waals surface area contributed by atoms with Crippen molar-refractivity contribution in [1.29, 1.82) is 0 Å². The normalized spacial score (nSPS) is 10.2. The molecule has 0 saturated heterocycles. The molecule has 1 aromatic heterocycles. The third-order valence-electron chi connectivity index (χ3n) is 3.12. The van der Waals surface area contributed by atoms with Gasteiger partial charge in [0.2, 0.25) is 0 Å². The van der Waals surface area contributed by atoms with E-state index in [4.69, 9.17) is 10.2 Å². The summed E-state index contributed by atoms with van der Waals surface area (Å²) in [7, 11) is 0. The standard InChI is InChI=1S/C8H6FNO.C8H16O2/c9-5-1-2-6-7(3-5)10-4-8(6)11;1-2-3-4-5-6-7-8(9)10/h1-4,10-11H;2-7H2,1H3,(H,9,10). The average Bonchev–Trinajstić information content (AvgIpc) is 2.80. The van der Waals surface area contributed by atoms with Gasteiger partial charge in [-0.3, -0.25) is 4.79 Å². The molecule has 2 aromatic rings. The molecule has 0 aliphatic carbocycles. The first-order valence-electron chi connectivity index (χ1n) is 7.22. The van der Waals surface area contributed by atoms with E-state index in [0.717, 1.165) is 12.8 Å².